The molecule has 3 aromatic rings. The number of amides is 2. The third-order valence-electron chi connectivity index (χ3n) is 3.37. The van der Waals surface area contributed by atoms with E-state index >= 15 is 0 Å². The number of anilines is 1. The highest BCUT2D eigenvalue weighted by atomic mass is 16.2. The summed E-state index contributed by atoms with van der Waals surface area (Å²) in [6, 6.07) is 15.2. The third-order valence-corrected chi connectivity index (χ3v) is 3.37. The van der Waals surface area contributed by atoms with Crippen molar-refractivity contribution < 1.29 is 4.79 Å². The summed E-state index contributed by atoms with van der Waals surface area (Å²) in [6.45, 7) is 0.415. The molecule has 0 spiro atoms. The van der Waals surface area contributed by atoms with Crippen LogP contribution in [0.2, 0.25) is 0 Å². The molecule has 2 amide bonds. The predicted octanol–water partition coefficient (Wildman–Crippen LogP) is 2.80. The Labute approximate surface area is 134 Å². The van der Waals surface area contributed by atoms with Crippen LogP contribution < -0.4 is 10.6 Å². The first-order valence-corrected chi connectivity index (χ1v) is 7.25. The minimum atomic E-state index is -0.299. The molecule has 2 heterocycles. The van der Waals surface area contributed by atoms with E-state index in [4.69, 9.17) is 0 Å². The Kier molecular flexibility index (Phi) is 4.33. The van der Waals surface area contributed by atoms with Gasteiger partial charge in [-0.15, -0.1) is 0 Å². The lowest BCUT2D eigenvalue weighted by molar-refractivity contribution is 0.251. The number of carbonyl (C=O) groups excluding carboxylic acids is 1. The minimum absolute atomic E-state index is 0.299. The summed E-state index contributed by atoms with van der Waals surface area (Å²) in [5.74, 6) is 0.509. The maximum atomic E-state index is 12.0. The van der Waals surface area contributed by atoms with E-state index in [0.717, 1.165) is 16.8 Å². The number of urea groups is 1. The van der Waals surface area contributed by atoms with Gasteiger partial charge in [-0.2, -0.15) is 5.10 Å². The molecule has 0 aliphatic carbocycles. The average Bonchev–Trinajstić information content (AvgIpc) is 2.95. The molecule has 0 radical (unpaired) electrons. The molecule has 0 aliphatic rings. The molecule has 0 atom stereocenters. The van der Waals surface area contributed by atoms with Crippen molar-refractivity contribution in [2.45, 2.75) is 6.54 Å². The lowest BCUT2D eigenvalue weighted by Gasteiger charge is -2.04. The van der Waals surface area contributed by atoms with Crippen LogP contribution in [0.5, 0.6) is 0 Å². The van der Waals surface area contributed by atoms with Gasteiger partial charge in [0, 0.05) is 32.1 Å². The number of rotatable bonds is 4. The van der Waals surface area contributed by atoms with Crippen LogP contribution in [0, 0.1) is 0 Å². The van der Waals surface area contributed by atoms with Gasteiger partial charge in [-0.25, -0.2) is 4.79 Å². The number of benzene rings is 1. The summed E-state index contributed by atoms with van der Waals surface area (Å²) < 4.78 is 1.74. The molecule has 2 aromatic heterocycles. The Hall–Kier alpha value is -3.15. The molecule has 0 saturated heterocycles. The van der Waals surface area contributed by atoms with E-state index in [0.29, 0.717) is 12.4 Å². The molecule has 0 unspecified atom stereocenters. The normalized spacial score (nSPS) is 10.3. The van der Waals surface area contributed by atoms with Crippen molar-refractivity contribution in [3.05, 3.63) is 66.5 Å². The Balaban J connectivity index is 1.63. The number of hydrogen-bond donors (Lipinski definition) is 2. The largest absolute Gasteiger partial charge is 0.334 e. The molecule has 6 nitrogen and oxygen atoms in total. The molecule has 0 aliphatic heterocycles. The second-order valence-electron chi connectivity index (χ2n) is 5.07. The van der Waals surface area contributed by atoms with Gasteiger partial charge in [0.2, 0.25) is 0 Å². The van der Waals surface area contributed by atoms with Crippen LogP contribution in [0.3, 0.4) is 0 Å². The van der Waals surface area contributed by atoms with Crippen molar-refractivity contribution >= 4 is 11.8 Å². The minimum Gasteiger partial charge on any atom is -0.334 e. The maximum Gasteiger partial charge on any atom is 0.320 e. The number of hydrogen-bond acceptors (Lipinski definition) is 3. The van der Waals surface area contributed by atoms with Crippen LogP contribution in [0.15, 0.2) is 60.9 Å². The van der Waals surface area contributed by atoms with Gasteiger partial charge in [0.25, 0.3) is 0 Å². The van der Waals surface area contributed by atoms with Gasteiger partial charge >= 0.3 is 6.03 Å². The number of pyridine rings is 1. The highest BCUT2D eigenvalue weighted by Gasteiger charge is 2.09. The quantitative estimate of drug-likeness (QED) is 0.778. The highest BCUT2D eigenvalue weighted by Crippen LogP contribution is 2.21. The van der Waals surface area contributed by atoms with E-state index in [1.807, 2.05) is 55.6 Å². The monoisotopic (exact) mass is 307 g/mol. The van der Waals surface area contributed by atoms with Crippen molar-refractivity contribution in [3.63, 3.8) is 0 Å². The van der Waals surface area contributed by atoms with Crippen molar-refractivity contribution in [1.82, 2.24) is 20.1 Å². The van der Waals surface area contributed by atoms with Crippen molar-refractivity contribution in [2.75, 3.05) is 5.32 Å². The zero-order chi connectivity index (χ0) is 16.1. The molecule has 116 valence electrons. The van der Waals surface area contributed by atoms with Crippen LogP contribution in [-0.2, 0) is 13.6 Å². The molecule has 6 heteroatoms. The van der Waals surface area contributed by atoms with Crippen LogP contribution in [-0.4, -0.2) is 20.8 Å². The predicted molar refractivity (Wildman–Crippen MR) is 88.7 cm³/mol. The molecule has 1 aromatic carbocycles. The van der Waals surface area contributed by atoms with Crippen molar-refractivity contribution in [3.8, 4) is 11.3 Å². The summed E-state index contributed by atoms with van der Waals surface area (Å²) in [7, 11) is 1.85. The summed E-state index contributed by atoms with van der Waals surface area (Å²) in [5.41, 5.74) is 2.92. The van der Waals surface area contributed by atoms with E-state index in [1.165, 1.54) is 0 Å². The van der Waals surface area contributed by atoms with Crippen LogP contribution in [0.4, 0.5) is 10.6 Å². The standard InChI is InChI=1S/C17H17N5O/c1-22-15(14-7-3-2-4-8-14)10-16(21-22)20-17(23)19-12-13-6-5-9-18-11-13/h2-11H,12H2,1H3,(H2,19,20,21,23). The van der Waals surface area contributed by atoms with Gasteiger partial charge in [-0.1, -0.05) is 36.4 Å². The molecule has 3 rings (SSSR count). The number of carbonyl (C=O) groups is 1. The first kappa shape index (κ1) is 14.8. The molecule has 23 heavy (non-hydrogen) atoms. The molecule has 0 fully saturated rings. The fourth-order valence-electron chi connectivity index (χ4n) is 2.25. The fourth-order valence-corrected chi connectivity index (χ4v) is 2.25. The number of nitrogens with zero attached hydrogens (tertiary/aromatic N) is 3. The van der Waals surface area contributed by atoms with Gasteiger partial charge in [-0.3, -0.25) is 15.0 Å². The molecular formula is C17H17N5O. The third kappa shape index (κ3) is 3.74. The fraction of sp³-hybridized carbons (Fsp3) is 0.118. The van der Waals surface area contributed by atoms with Crippen molar-refractivity contribution in [1.29, 1.82) is 0 Å². The van der Waals surface area contributed by atoms with E-state index in [9.17, 15) is 4.79 Å². The first-order valence-electron chi connectivity index (χ1n) is 7.25. The maximum absolute atomic E-state index is 12.0. The Bertz CT molecular complexity index is 783. The Morgan fingerprint density at radius 3 is 2.74 bits per heavy atom. The second kappa shape index (κ2) is 6.74. The number of aromatic nitrogens is 3. The van der Waals surface area contributed by atoms with E-state index < -0.39 is 0 Å². The molecule has 0 saturated carbocycles. The summed E-state index contributed by atoms with van der Waals surface area (Å²) in [6.07, 6.45) is 3.41. The van der Waals surface area contributed by atoms with Gasteiger partial charge in [0.1, 0.15) is 0 Å². The topological polar surface area (TPSA) is 71.8 Å². The molecule has 0 bridgehead atoms. The second-order valence-corrected chi connectivity index (χ2v) is 5.07. The first-order chi connectivity index (χ1) is 11.2. The summed E-state index contributed by atoms with van der Waals surface area (Å²) >= 11 is 0. The van der Waals surface area contributed by atoms with Crippen molar-refractivity contribution in [2.24, 2.45) is 7.05 Å². The Morgan fingerprint density at radius 2 is 2.00 bits per heavy atom. The van der Waals surface area contributed by atoms with Crippen LogP contribution in [0.25, 0.3) is 11.3 Å². The van der Waals surface area contributed by atoms with E-state index in [-0.39, 0.29) is 6.03 Å². The van der Waals surface area contributed by atoms with Gasteiger partial charge in [0.05, 0.1) is 5.69 Å². The summed E-state index contributed by atoms with van der Waals surface area (Å²) in [4.78, 5) is 16.0. The highest BCUT2D eigenvalue weighted by molar-refractivity contribution is 5.88. The SMILES string of the molecule is Cn1nc(NC(=O)NCc2cccnc2)cc1-c1ccccc1. The number of nitrogens with one attached hydrogen (secondary N) is 2. The molecular weight excluding hydrogens is 290 g/mol. The zero-order valence-electron chi connectivity index (χ0n) is 12.7. The lowest BCUT2D eigenvalue weighted by Crippen LogP contribution is -2.28. The van der Waals surface area contributed by atoms with Crippen LogP contribution >= 0.6 is 0 Å². The van der Waals surface area contributed by atoms with Gasteiger partial charge in [0.15, 0.2) is 5.82 Å². The summed E-state index contributed by atoms with van der Waals surface area (Å²) in [5, 5.41) is 9.83. The van der Waals surface area contributed by atoms with Gasteiger partial charge in [-0.05, 0) is 17.2 Å². The van der Waals surface area contributed by atoms with Crippen LogP contribution in [0.1, 0.15) is 5.56 Å². The smallest absolute Gasteiger partial charge is 0.320 e. The average molecular weight is 307 g/mol. The number of aryl methyl sites for hydroxylation is 1. The molecule has 2 N–H and O–H groups in total. The van der Waals surface area contributed by atoms with Gasteiger partial charge < -0.3 is 5.32 Å². The zero-order valence-corrected chi connectivity index (χ0v) is 12.7. The van der Waals surface area contributed by atoms with E-state index in [2.05, 4.69) is 20.7 Å². The lowest BCUT2D eigenvalue weighted by atomic mass is 10.1. The Morgan fingerprint density at radius 1 is 1.17 bits per heavy atom. The van der Waals surface area contributed by atoms with E-state index in [1.54, 1.807) is 17.1 Å².